The van der Waals surface area contributed by atoms with Crippen molar-refractivity contribution in [2.45, 2.75) is 0 Å². The molecule has 0 bridgehead atoms. The van der Waals surface area contributed by atoms with Gasteiger partial charge in [0.25, 0.3) is 0 Å². The van der Waals surface area contributed by atoms with E-state index in [9.17, 15) is 0 Å². The van der Waals surface area contributed by atoms with Crippen LogP contribution in [0.25, 0.3) is 11.0 Å². The molecule has 2 saturated heterocycles. The van der Waals surface area contributed by atoms with Crippen LogP contribution < -0.4 is 20.4 Å². The Balaban J connectivity index is 1.37. The first-order chi connectivity index (χ1) is 16.7. The maximum atomic E-state index is 6.17. The van der Waals surface area contributed by atoms with Crippen molar-refractivity contribution in [3.05, 3.63) is 47.0 Å². The van der Waals surface area contributed by atoms with E-state index in [-0.39, 0.29) is 0 Å². The summed E-state index contributed by atoms with van der Waals surface area (Å²) in [5.74, 6) is 1.31. The van der Waals surface area contributed by atoms with Gasteiger partial charge in [-0.3, -0.25) is 10.3 Å². The highest BCUT2D eigenvalue weighted by Gasteiger charge is 2.16. The van der Waals surface area contributed by atoms with E-state index in [0.29, 0.717) is 47.6 Å². The Morgan fingerprint density at radius 2 is 1.79 bits per heavy atom. The molecule has 0 atom stereocenters. The van der Waals surface area contributed by atoms with Crippen molar-refractivity contribution in [3.63, 3.8) is 0 Å². The monoisotopic (exact) mass is 486 g/mol. The van der Waals surface area contributed by atoms with Crippen molar-refractivity contribution in [2.24, 2.45) is 5.10 Å². The Morgan fingerprint density at radius 3 is 2.62 bits per heavy atom. The van der Waals surface area contributed by atoms with Gasteiger partial charge in [0.05, 0.1) is 38.0 Å². The third kappa shape index (κ3) is 5.76. The van der Waals surface area contributed by atoms with E-state index in [0.717, 1.165) is 57.1 Å². The summed E-state index contributed by atoms with van der Waals surface area (Å²) in [6.45, 7) is 7.44. The Hall–Kier alpha value is -2.92. The van der Waals surface area contributed by atoms with E-state index in [2.05, 4.69) is 30.3 Å². The van der Waals surface area contributed by atoms with Gasteiger partial charge in [0, 0.05) is 55.3 Å². The van der Waals surface area contributed by atoms with Crippen LogP contribution in [0.2, 0.25) is 5.02 Å². The summed E-state index contributed by atoms with van der Waals surface area (Å²) < 4.78 is 22.4. The van der Waals surface area contributed by atoms with Crippen molar-refractivity contribution in [1.82, 2.24) is 14.9 Å². The largest absolute Gasteiger partial charge is 0.464 e. The van der Waals surface area contributed by atoms with E-state index in [1.165, 1.54) is 0 Å². The quantitative estimate of drug-likeness (QED) is 0.504. The lowest BCUT2D eigenvalue weighted by atomic mass is 10.2. The first-order valence-electron chi connectivity index (χ1n) is 11.4. The third-order valence-electron chi connectivity index (χ3n) is 5.70. The van der Waals surface area contributed by atoms with E-state index < -0.39 is 0 Å². The number of morpholine rings is 2. The van der Waals surface area contributed by atoms with Crippen LogP contribution in [0.4, 0.5) is 11.6 Å². The molecule has 180 valence electrons. The van der Waals surface area contributed by atoms with E-state index in [1.807, 2.05) is 18.2 Å². The molecule has 5 rings (SSSR count). The highest BCUT2D eigenvalue weighted by molar-refractivity contribution is 6.31. The predicted molar refractivity (Wildman–Crippen MR) is 128 cm³/mol. The zero-order valence-corrected chi connectivity index (χ0v) is 19.5. The number of nitrogens with zero attached hydrogens (tertiary/aromatic N) is 5. The van der Waals surface area contributed by atoms with Gasteiger partial charge in [0.15, 0.2) is 5.82 Å². The van der Waals surface area contributed by atoms with E-state index >= 15 is 0 Å². The van der Waals surface area contributed by atoms with Crippen LogP contribution >= 0.6 is 11.6 Å². The van der Waals surface area contributed by atoms with Crippen LogP contribution in [0.5, 0.6) is 6.01 Å². The molecule has 11 heteroatoms. The van der Waals surface area contributed by atoms with Crippen LogP contribution in [0.15, 0.2) is 46.1 Å². The first kappa shape index (κ1) is 22.9. The first-order valence-corrected chi connectivity index (χ1v) is 11.7. The number of nitrogens with one attached hydrogen (secondary N) is 1. The lowest BCUT2D eigenvalue weighted by Crippen LogP contribution is -2.39. The van der Waals surface area contributed by atoms with Crippen molar-refractivity contribution < 1.29 is 18.6 Å². The average molecular weight is 487 g/mol. The summed E-state index contributed by atoms with van der Waals surface area (Å²) in [5, 5.41) is 6.64. The zero-order valence-electron chi connectivity index (χ0n) is 18.8. The van der Waals surface area contributed by atoms with E-state index in [4.69, 9.17) is 30.2 Å². The van der Waals surface area contributed by atoms with Gasteiger partial charge in [-0.15, -0.1) is 0 Å². The summed E-state index contributed by atoms with van der Waals surface area (Å²) in [4.78, 5) is 13.6. The summed E-state index contributed by atoms with van der Waals surface area (Å²) in [7, 11) is 0. The van der Waals surface area contributed by atoms with Crippen LogP contribution in [-0.4, -0.2) is 80.6 Å². The standard InChI is InChI=1S/C23H27ClN6O4/c24-17-1-2-20-18(15-17)19(3-9-33-20)27-28-21-16-22(30-7-12-32-13-8-30)26-23(25-21)34-14-6-29-4-10-31-11-5-29/h1-3,9,15-16H,4-8,10-14H2,(H,25,26,28). The Kier molecular flexibility index (Phi) is 7.40. The highest BCUT2D eigenvalue weighted by atomic mass is 35.5. The fourth-order valence-electron chi connectivity index (χ4n) is 3.86. The van der Waals surface area contributed by atoms with Crippen LogP contribution in [0.1, 0.15) is 0 Å². The molecule has 0 radical (unpaired) electrons. The molecule has 2 aliphatic heterocycles. The third-order valence-corrected chi connectivity index (χ3v) is 5.93. The predicted octanol–water partition coefficient (Wildman–Crippen LogP) is 2.35. The second-order valence-electron chi connectivity index (χ2n) is 7.97. The van der Waals surface area contributed by atoms with Gasteiger partial charge in [0.1, 0.15) is 18.0 Å². The molecule has 2 aliphatic rings. The van der Waals surface area contributed by atoms with Crippen LogP contribution in [0, 0.1) is 0 Å². The lowest BCUT2D eigenvalue weighted by Gasteiger charge is -2.28. The molecule has 2 aromatic heterocycles. The summed E-state index contributed by atoms with van der Waals surface area (Å²) in [6.07, 6.45) is 1.59. The molecule has 0 amide bonds. The van der Waals surface area contributed by atoms with Gasteiger partial charge < -0.3 is 23.5 Å². The van der Waals surface area contributed by atoms with Gasteiger partial charge in [-0.1, -0.05) is 11.6 Å². The minimum absolute atomic E-state index is 0.311. The molecule has 1 aromatic carbocycles. The molecule has 10 nitrogen and oxygen atoms in total. The number of anilines is 2. The molecular weight excluding hydrogens is 460 g/mol. The fraction of sp³-hybridized carbons (Fsp3) is 0.435. The van der Waals surface area contributed by atoms with E-state index in [1.54, 1.807) is 18.4 Å². The smallest absolute Gasteiger partial charge is 0.320 e. The van der Waals surface area contributed by atoms with Crippen LogP contribution in [0.3, 0.4) is 0 Å². The van der Waals surface area contributed by atoms with Gasteiger partial charge >= 0.3 is 6.01 Å². The maximum Gasteiger partial charge on any atom is 0.320 e. The Bertz CT molecular complexity index is 1180. The number of halogens is 1. The van der Waals surface area contributed by atoms with Crippen molar-refractivity contribution >= 4 is 34.2 Å². The van der Waals surface area contributed by atoms with Crippen LogP contribution in [-0.2, 0) is 9.47 Å². The molecule has 0 spiro atoms. The number of hydrogen-bond donors (Lipinski definition) is 1. The molecule has 34 heavy (non-hydrogen) atoms. The topological polar surface area (TPSA) is 97.5 Å². The van der Waals surface area contributed by atoms with Gasteiger partial charge in [-0.05, 0) is 18.2 Å². The summed E-state index contributed by atoms with van der Waals surface area (Å²) in [6, 6.07) is 9.37. The number of fused-ring (bicyclic) bond motifs is 1. The van der Waals surface area contributed by atoms with Crippen molar-refractivity contribution in [3.8, 4) is 6.01 Å². The molecule has 1 N–H and O–H groups in total. The SMILES string of the molecule is Clc1ccc2occc(=NNc3cc(N4CCOCC4)nc(OCCN4CCOCC4)n3)c2c1. The second-order valence-corrected chi connectivity index (χ2v) is 8.40. The summed E-state index contributed by atoms with van der Waals surface area (Å²) >= 11 is 6.17. The zero-order chi connectivity index (χ0) is 23.2. The maximum absolute atomic E-state index is 6.17. The number of hydrogen-bond acceptors (Lipinski definition) is 10. The van der Waals surface area contributed by atoms with Gasteiger partial charge in [-0.2, -0.15) is 15.1 Å². The number of ether oxygens (including phenoxy) is 3. The molecule has 0 unspecified atom stereocenters. The molecule has 3 aromatic rings. The second kappa shape index (κ2) is 11.0. The fourth-order valence-corrected chi connectivity index (χ4v) is 4.03. The molecule has 4 heterocycles. The van der Waals surface area contributed by atoms with Crippen molar-refractivity contribution in [1.29, 1.82) is 0 Å². The number of aromatic nitrogens is 2. The normalized spacial score (nSPS) is 17.8. The molecular formula is C23H27ClN6O4. The molecule has 0 saturated carbocycles. The van der Waals surface area contributed by atoms with Gasteiger partial charge in [-0.25, -0.2) is 0 Å². The number of rotatable bonds is 7. The Morgan fingerprint density at radius 1 is 1.00 bits per heavy atom. The number of benzene rings is 1. The molecule has 2 fully saturated rings. The minimum atomic E-state index is 0.311. The van der Waals surface area contributed by atoms with Gasteiger partial charge in [0.2, 0.25) is 0 Å². The van der Waals surface area contributed by atoms with Crippen molar-refractivity contribution in [2.75, 3.05) is 76.1 Å². The highest BCUT2D eigenvalue weighted by Crippen LogP contribution is 2.21. The Labute approximate surface area is 202 Å². The molecule has 0 aliphatic carbocycles. The lowest BCUT2D eigenvalue weighted by molar-refractivity contribution is 0.0317. The average Bonchev–Trinajstić information content (AvgIpc) is 2.88. The summed E-state index contributed by atoms with van der Waals surface area (Å²) in [5.41, 5.74) is 3.75. The minimum Gasteiger partial charge on any atom is -0.464 e.